The Balaban J connectivity index is 0.838. The predicted molar refractivity (Wildman–Crippen MR) is 191 cm³/mol. The minimum absolute atomic E-state index is 0.00978. The van der Waals surface area contributed by atoms with Crippen molar-refractivity contribution in [3.05, 3.63) is 54.4 Å². The molecule has 0 radical (unpaired) electrons. The number of carbonyl (C=O) groups excluding carboxylic acids is 2. The number of halogens is 3. The minimum atomic E-state index is -3.84. The molecule has 2 bridgehead atoms. The van der Waals surface area contributed by atoms with Crippen molar-refractivity contribution in [2.75, 3.05) is 76.1 Å². The number of rotatable bonds is 20. The Morgan fingerprint density at radius 3 is 2.37 bits per heavy atom. The molecule has 5 N–H and O–H groups in total. The van der Waals surface area contributed by atoms with Crippen LogP contribution in [0.25, 0.3) is 11.3 Å². The van der Waals surface area contributed by atoms with Crippen LogP contribution >= 0.6 is 11.6 Å². The summed E-state index contributed by atoms with van der Waals surface area (Å²) in [5.74, 6) is -0.412. The van der Waals surface area contributed by atoms with Gasteiger partial charge in [-0.15, -0.1) is 8.78 Å². The molecule has 1 saturated heterocycles. The number of hydrogen-bond acceptors (Lipinski definition) is 12. The SMILES string of the molecule is O=C(Nc1ccc(OC(F)(F)Cl)cc1)c1cnc(N2CCC(OCCOCCOCCOCCNC(=O)C3CC4CC3C(O)C4O)C2)c(-c2ccn[nH]2)c1. The van der Waals surface area contributed by atoms with Crippen molar-refractivity contribution in [3.8, 4) is 17.0 Å². The Labute approximate surface area is 315 Å². The topological polar surface area (TPSA) is 190 Å². The number of carbonyl (C=O) groups is 2. The van der Waals surface area contributed by atoms with Crippen LogP contribution in [0.1, 0.15) is 29.6 Å². The van der Waals surface area contributed by atoms with E-state index in [9.17, 15) is 28.6 Å². The van der Waals surface area contributed by atoms with Gasteiger partial charge in [0, 0.05) is 60.8 Å². The Morgan fingerprint density at radius 2 is 1.70 bits per heavy atom. The van der Waals surface area contributed by atoms with Gasteiger partial charge in [0.15, 0.2) is 0 Å². The summed E-state index contributed by atoms with van der Waals surface area (Å²) in [4.78, 5) is 32.2. The Kier molecular flexibility index (Phi) is 13.7. The molecule has 6 unspecified atom stereocenters. The summed E-state index contributed by atoms with van der Waals surface area (Å²) in [7, 11) is 0. The summed E-state index contributed by atoms with van der Waals surface area (Å²) in [5.41, 5.74) is -1.82. The second-order valence-corrected chi connectivity index (χ2v) is 13.9. The Hall–Kier alpha value is -3.97. The maximum absolute atomic E-state index is 13.1. The van der Waals surface area contributed by atoms with E-state index in [1.807, 2.05) is 0 Å². The van der Waals surface area contributed by atoms with Crippen molar-refractivity contribution in [1.29, 1.82) is 0 Å². The fourth-order valence-corrected chi connectivity index (χ4v) is 7.32. The summed E-state index contributed by atoms with van der Waals surface area (Å²) in [5, 5.41) is 32.5. The number of ether oxygens (including phenoxy) is 5. The standard InChI is InChI=1S/C36H45ClF2N6O9/c37-36(38,39)54-25-3-1-24(2-4-25)43-34(48)23-19-29(30-5-7-42-44-30)33(41-20-23)45-9-6-26(21-45)53-16-15-52-14-13-51-12-11-50-10-8-40-35(49)28-18-22-17-27(28)32(47)31(22)46/h1-5,7,19-20,22,26-28,31-32,46-47H,6,8-18,21H2,(H,40,49)(H,42,44)(H,43,48). The van der Waals surface area contributed by atoms with Crippen LogP contribution in [0.4, 0.5) is 20.3 Å². The van der Waals surface area contributed by atoms with Gasteiger partial charge in [-0.2, -0.15) is 5.10 Å². The number of pyridine rings is 1. The fourth-order valence-electron chi connectivity index (χ4n) is 7.23. The lowest BCUT2D eigenvalue weighted by Crippen LogP contribution is -2.43. The molecule has 3 heterocycles. The number of H-pyrrole nitrogens is 1. The van der Waals surface area contributed by atoms with Gasteiger partial charge in [-0.25, -0.2) is 4.98 Å². The molecule has 3 aliphatic rings. The third-order valence-corrected chi connectivity index (χ3v) is 9.91. The van der Waals surface area contributed by atoms with Crippen molar-refractivity contribution in [1.82, 2.24) is 20.5 Å². The van der Waals surface area contributed by atoms with E-state index in [1.165, 1.54) is 30.5 Å². The molecule has 6 atom stereocenters. The van der Waals surface area contributed by atoms with Gasteiger partial charge >= 0.3 is 5.57 Å². The molecule has 2 aromatic heterocycles. The van der Waals surface area contributed by atoms with Crippen LogP contribution in [0.5, 0.6) is 5.75 Å². The van der Waals surface area contributed by atoms with Gasteiger partial charge in [-0.1, -0.05) is 0 Å². The highest BCUT2D eigenvalue weighted by atomic mass is 35.5. The van der Waals surface area contributed by atoms with Crippen LogP contribution in [-0.2, 0) is 23.7 Å². The molecule has 1 aliphatic heterocycles. The number of fused-ring (bicyclic) bond motifs is 2. The molecule has 54 heavy (non-hydrogen) atoms. The van der Waals surface area contributed by atoms with Crippen molar-refractivity contribution in [2.45, 2.75) is 43.1 Å². The van der Waals surface area contributed by atoms with Gasteiger partial charge in [0.25, 0.3) is 5.91 Å². The van der Waals surface area contributed by atoms with E-state index in [2.05, 4.69) is 35.5 Å². The number of benzene rings is 1. The molecule has 3 fully saturated rings. The van der Waals surface area contributed by atoms with Gasteiger partial charge in [-0.3, -0.25) is 14.7 Å². The molecule has 3 aromatic rings. The first-order chi connectivity index (χ1) is 26.1. The van der Waals surface area contributed by atoms with Crippen molar-refractivity contribution in [2.24, 2.45) is 17.8 Å². The summed E-state index contributed by atoms with van der Waals surface area (Å²) < 4.78 is 52.9. The first-order valence-electron chi connectivity index (χ1n) is 18.0. The zero-order chi connectivity index (χ0) is 38.1. The van der Waals surface area contributed by atoms with E-state index in [0.29, 0.717) is 101 Å². The number of hydrogen-bond donors (Lipinski definition) is 5. The van der Waals surface area contributed by atoms with Crippen LogP contribution in [0.15, 0.2) is 48.8 Å². The van der Waals surface area contributed by atoms with Crippen LogP contribution in [-0.4, -0.2) is 127 Å². The van der Waals surface area contributed by atoms with E-state index >= 15 is 0 Å². The van der Waals surface area contributed by atoms with Crippen molar-refractivity contribution < 1.29 is 52.3 Å². The van der Waals surface area contributed by atoms with E-state index in [0.717, 1.165) is 6.42 Å². The first kappa shape index (κ1) is 39.7. The average Bonchev–Trinajstić information content (AvgIpc) is 3.98. The number of nitrogens with one attached hydrogen (secondary N) is 3. The number of aliphatic hydroxyl groups is 2. The number of aromatic nitrogens is 3. The van der Waals surface area contributed by atoms with Crippen LogP contribution in [0, 0.1) is 17.8 Å². The third-order valence-electron chi connectivity index (χ3n) is 9.84. The molecule has 2 amide bonds. The largest absolute Gasteiger partial charge is 0.487 e. The smallest absolute Gasteiger partial charge is 0.420 e. The second-order valence-electron chi connectivity index (χ2n) is 13.4. The maximum atomic E-state index is 13.1. The van der Waals surface area contributed by atoms with Gasteiger partial charge in [0.2, 0.25) is 5.91 Å². The molecule has 294 valence electrons. The second kappa shape index (κ2) is 18.6. The van der Waals surface area contributed by atoms with E-state index in [4.69, 9.17) is 30.5 Å². The Morgan fingerprint density at radius 1 is 0.981 bits per heavy atom. The highest BCUT2D eigenvalue weighted by Crippen LogP contribution is 2.48. The molecule has 1 aromatic carbocycles. The monoisotopic (exact) mass is 778 g/mol. The molecular weight excluding hydrogens is 734 g/mol. The minimum Gasteiger partial charge on any atom is -0.420 e. The van der Waals surface area contributed by atoms with Gasteiger partial charge in [0.05, 0.1) is 75.8 Å². The summed E-state index contributed by atoms with van der Waals surface area (Å²) in [6, 6.07) is 8.88. The number of alkyl halides is 3. The third kappa shape index (κ3) is 10.6. The molecule has 2 aliphatic carbocycles. The van der Waals surface area contributed by atoms with Crippen LogP contribution in [0.2, 0.25) is 0 Å². The fraction of sp³-hybridized carbons (Fsp3) is 0.556. The highest BCUT2D eigenvalue weighted by molar-refractivity contribution is 6.20. The average molecular weight is 779 g/mol. The molecule has 6 rings (SSSR count). The number of aliphatic hydroxyl groups excluding tert-OH is 2. The molecular formula is C36H45ClF2N6O9. The maximum Gasteiger partial charge on any atom is 0.487 e. The molecule has 2 saturated carbocycles. The van der Waals surface area contributed by atoms with Crippen LogP contribution < -0.4 is 20.3 Å². The quantitative estimate of drug-likeness (QED) is 0.0835. The van der Waals surface area contributed by atoms with E-state index in [-0.39, 0.29) is 41.1 Å². The lowest BCUT2D eigenvalue weighted by molar-refractivity contribution is -0.130. The summed E-state index contributed by atoms with van der Waals surface area (Å²) in [6.07, 6.45) is 3.63. The normalized spacial score (nSPS) is 23.5. The van der Waals surface area contributed by atoms with E-state index < -0.39 is 23.7 Å². The van der Waals surface area contributed by atoms with Gasteiger partial charge in [0.1, 0.15) is 11.6 Å². The van der Waals surface area contributed by atoms with Crippen molar-refractivity contribution in [3.63, 3.8) is 0 Å². The van der Waals surface area contributed by atoms with Gasteiger partial charge in [-0.05, 0) is 67.5 Å². The highest BCUT2D eigenvalue weighted by Gasteiger charge is 2.53. The Bertz CT molecular complexity index is 1670. The zero-order valence-electron chi connectivity index (χ0n) is 29.5. The summed E-state index contributed by atoms with van der Waals surface area (Å²) >= 11 is 4.81. The summed E-state index contributed by atoms with van der Waals surface area (Å²) in [6.45, 7) is 4.44. The molecule has 0 spiro atoms. The van der Waals surface area contributed by atoms with Crippen molar-refractivity contribution >= 4 is 34.9 Å². The number of nitrogens with zero attached hydrogens (tertiary/aromatic N) is 3. The number of aromatic amines is 1. The molecule has 18 heteroatoms. The first-order valence-corrected chi connectivity index (χ1v) is 18.3. The van der Waals surface area contributed by atoms with Gasteiger partial charge < -0.3 is 49.4 Å². The van der Waals surface area contributed by atoms with E-state index in [1.54, 1.807) is 18.3 Å². The van der Waals surface area contributed by atoms with Crippen LogP contribution in [0.3, 0.4) is 0 Å². The zero-order valence-corrected chi connectivity index (χ0v) is 30.3. The number of amides is 2. The lowest BCUT2D eigenvalue weighted by Gasteiger charge is -2.28. The predicted octanol–water partition coefficient (Wildman–Crippen LogP) is 3.03. The number of anilines is 2. The molecule has 15 nitrogen and oxygen atoms in total. The lowest BCUT2D eigenvalue weighted by atomic mass is 9.84.